The van der Waals surface area contributed by atoms with E-state index in [-0.39, 0.29) is 0 Å². The van der Waals surface area contributed by atoms with E-state index in [0.29, 0.717) is 0 Å². The van der Waals surface area contributed by atoms with E-state index in [2.05, 4.69) is 278 Å². The monoisotopic (exact) mass is 863 g/mol. The Bertz CT molecular complexity index is 3800. The highest BCUT2D eigenvalue weighted by atomic mass is 15.1. The number of fused-ring (bicyclic) bond motifs is 7. The third-order valence-electron chi connectivity index (χ3n) is 14.3. The van der Waals surface area contributed by atoms with Gasteiger partial charge in [-0.3, -0.25) is 0 Å². The first kappa shape index (κ1) is 39.6. The molecule has 0 heterocycles. The van der Waals surface area contributed by atoms with Gasteiger partial charge >= 0.3 is 0 Å². The van der Waals surface area contributed by atoms with Crippen LogP contribution in [0.1, 0.15) is 22.3 Å². The van der Waals surface area contributed by atoms with Crippen LogP contribution in [0.4, 0.5) is 17.1 Å². The lowest BCUT2D eigenvalue weighted by Crippen LogP contribution is -2.28. The summed E-state index contributed by atoms with van der Waals surface area (Å²) in [5, 5.41) is 7.47. The largest absolute Gasteiger partial charge is 0.310 e. The minimum absolute atomic E-state index is 0.551. The van der Waals surface area contributed by atoms with E-state index in [9.17, 15) is 0 Å². The lowest BCUT2D eigenvalue weighted by Gasteiger charge is -2.35. The second kappa shape index (κ2) is 16.3. The third-order valence-corrected chi connectivity index (χ3v) is 14.3. The Morgan fingerprint density at radius 1 is 0.250 bits per heavy atom. The molecule has 0 aromatic heterocycles. The van der Waals surface area contributed by atoms with Gasteiger partial charge in [0.1, 0.15) is 0 Å². The lowest BCUT2D eigenvalue weighted by atomic mass is 9.67. The van der Waals surface area contributed by atoms with Crippen molar-refractivity contribution in [3.8, 4) is 44.5 Å². The first-order valence-electron chi connectivity index (χ1n) is 23.6. The number of hydrogen-bond donors (Lipinski definition) is 0. The molecular weight excluding hydrogens is 819 g/mol. The average Bonchev–Trinajstić information content (AvgIpc) is 3.72. The molecular formula is C67H45N. The van der Waals surface area contributed by atoms with Crippen LogP contribution in [0, 0.1) is 0 Å². The van der Waals surface area contributed by atoms with Crippen molar-refractivity contribution < 1.29 is 0 Å². The van der Waals surface area contributed by atoms with Crippen molar-refractivity contribution in [3.63, 3.8) is 0 Å². The van der Waals surface area contributed by atoms with Gasteiger partial charge in [0.15, 0.2) is 0 Å². The molecule has 0 radical (unpaired) electrons. The standard InChI is InChI=1S/C67H45N/c1-4-19-48(20-5-1)58-40-36-52(63-43-51-22-12-13-27-57(51)59-28-14-15-29-60(59)63)44-66(58)68(55-37-34-47(35-38-55)50-33-32-46-18-10-11-21-49(46)42-50)56-39-41-62-61-30-16-17-31-64(61)67(65(62)45-56,53-23-6-2-7-24-53)54-25-8-3-9-26-54/h1-45H. The van der Waals surface area contributed by atoms with E-state index >= 15 is 0 Å². The smallest absolute Gasteiger partial charge is 0.0714 e. The normalized spacial score (nSPS) is 12.5. The summed E-state index contributed by atoms with van der Waals surface area (Å²) in [6.45, 7) is 0. The zero-order chi connectivity index (χ0) is 45.0. The quantitative estimate of drug-likeness (QED) is 0.138. The molecule has 0 bridgehead atoms. The van der Waals surface area contributed by atoms with Gasteiger partial charge in [0.2, 0.25) is 0 Å². The van der Waals surface area contributed by atoms with Crippen molar-refractivity contribution >= 4 is 49.4 Å². The molecule has 1 aliphatic rings. The molecule has 0 aliphatic heterocycles. The third kappa shape index (κ3) is 6.39. The summed E-state index contributed by atoms with van der Waals surface area (Å²) in [5.74, 6) is 0. The van der Waals surface area contributed by atoms with E-state index in [1.54, 1.807) is 0 Å². The Hall–Kier alpha value is -8.78. The lowest BCUT2D eigenvalue weighted by molar-refractivity contribution is 0.768. The maximum atomic E-state index is 2.50. The average molecular weight is 864 g/mol. The number of hydrogen-bond acceptors (Lipinski definition) is 1. The van der Waals surface area contributed by atoms with E-state index in [1.165, 1.54) is 82.4 Å². The fraction of sp³-hybridized carbons (Fsp3) is 0.0149. The number of rotatable bonds is 8. The van der Waals surface area contributed by atoms with Crippen LogP contribution >= 0.6 is 0 Å². The molecule has 1 aliphatic carbocycles. The van der Waals surface area contributed by atoms with E-state index < -0.39 is 5.41 Å². The summed E-state index contributed by atoms with van der Waals surface area (Å²) in [6, 6.07) is 101. The van der Waals surface area contributed by atoms with E-state index in [0.717, 1.165) is 33.8 Å². The Kier molecular flexibility index (Phi) is 9.47. The summed E-state index contributed by atoms with van der Waals surface area (Å²) in [7, 11) is 0. The van der Waals surface area contributed by atoms with Gasteiger partial charge < -0.3 is 4.90 Å². The van der Waals surface area contributed by atoms with Crippen molar-refractivity contribution in [2.75, 3.05) is 4.90 Å². The maximum absolute atomic E-state index is 2.50. The van der Waals surface area contributed by atoms with Gasteiger partial charge in [-0.05, 0) is 136 Å². The van der Waals surface area contributed by atoms with Crippen molar-refractivity contribution in [1.29, 1.82) is 0 Å². The predicted octanol–water partition coefficient (Wildman–Crippen LogP) is 18.0. The Morgan fingerprint density at radius 3 is 1.54 bits per heavy atom. The fourth-order valence-corrected chi connectivity index (χ4v) is 11.2. The highest BCUT2D eigenvalue weighted by Crippen LogP contribution is 2.57. The highest BCUT2D eigenvalue weighted by molar-refractivity contribution is 6.14. The van der Waals surface area contributed by atoms with Gasteiger partial charge in [-0.25, -0.2) is 0 Å². The topological polar surface area (TPSA) is 3.24 Å². The van der Waals surface area contributed by atoms with Crippen LogP contribution in [0.3, 0.4) is 0 Å². The number of benzene rings is 12. The summed E-state index contributed by atoms with van der Waals surface area (Å²) >= 11 is 0. The zero-order valence-corrected chi connectivity index (χ0v) is 37.4. The van der Waals surface area contributed by atoms with Crippen LogP contribution in [-0.2, 0) is 5.41 Å². The minimum Gasteiger partial charge on any atom is -0.310 e. The van der Waals surface area contributed by atoms with Crippen LogP contribution in [0.25, 0.3) is 76.8 Å². The van der Waals surface area contributed by atoms with Gasteiger partial charge in [-0.15, -0.1) is 0 Å². The first-order valence-corrected chi connectivity index (χ1v) is 23.6. The molecule has 0 unspecified atom stereocenters. The molecule has 1 nitrogen and oxygen atoms in total. The molecule has 12 aromatic carbocycles. The molecule has 0 atom stereocenters. The van der Waals surface area contributed by atoms with Crippen molar-refractivity contribution in [2.45, 2.75) is 5.41 Å². The Morgan fingerprint density at radius 2 is 0.794 bits per heavy atom. The van der Waals surface area contributed by atoms with Crippen molar-refractivity contribution in [2.24, 2.45) is 0 Å². The van der Waals surface area contributed by atoms with Crippen molar-refractivity contribution in [3.05, 3.63) is 295 Å². The van der Waals surface area contributed by atoms with Crippen molar-refractivity contribution in [1.82, 2.24) is 0 Å². The summed E-state index contributed by atoms with van der Waals surface area (Å²) in [5.41, 5.74) is 17.4. The number of nitrogens with zero attached hydrogens (tertiary/aromatic N) is 1. The molecule has 0 amide bonds. The summed E-state index contributed by atoms with van der Waals surface area (Å²) in [4.78, 5) is 2.50. The molecule has 318 valence electrons. The van der Waals surface area contributed by atoms with Crippen LogP contribution in [0.2, 0.25) is 0 Å². The molecule has 12 aromatic rings. The predicted molar refractivity (Wildman–Crippen MR) is 287 cm³/mol. The molecule has 0 spiro atoms. The number of anilines is 3. The molecule has 13 rings (SSSR count). The van der Waals surface area contributed by atoms with Gasteiger partial charge in [0.05, 0.1) is 11.1 Å². The van der Waals surface area contributed by atoms with Gasteiger partial charge in [-0.2, -0.15) is 0 Å². The second-order valence-corrected chi connectivity index (χ2v) is 18.0. The fourth-order valence-electron chi connectivity index (χ4n) is 11.2. The maximum Gasteiger partial charge on any atom is 0.0714 e. The van der Waals surface area contributed by atoms with Crippen LogP contribution in [-0.4, -0.2) is 0 Å². The molecule has 1 heteroatoms. The molecule has 0 N–H and O–H groups in total. The zero-order valence-electron chi connectivity index (χ0n) is 37.4. The SMILES string of the molecule is c1ccc(-c2ccc(-c3cc4ccccc4c4ccccc34)cc2N(c2ccc(-c3ccc4ccccc4c3)cc2)c2ccc3c(c2)C(c2ccccc2)(c2ccccc2)c2ccccc2-3)cc1. The minimum atomic E-state index is -0.551. The van der Waals surface area contributed by atoms with E-state index in [4.69, 9.17) is 0 Å². The van der Waals surface area contributed by atoms with Crippen LogP contribution in [0.15, 0.2) is 273 Å². The Labute approximate surface area is 397 Å². The van der Waals surface area contributed by atoms with E-state index in [1.807, 2.05) is 0 Å². The molecule has 0 saturated heterocycles. The molecule has 68 heavy (non-hydrogen) atoms. The molecule has 0 fully saturated rings. The van der Waals surface area contributed by atoms with Crippen LogP contribution < -0.4 is 4.90 Å². The summed E-state index contributed by atoms with van der Waals surface area (Å²) < 4.78 is 0. The van der Waals surface area contributed by atoms with Crippen LogP contribution in [0.5, 0.6) is 0 Å². The highest BCUT2D eigenvalue weighted by Gasteiger charge is 2.46. The Balaban J connectivity index is 1.08. The first-order chi connectivity index (χ1) is 33.7. The summed E-state index contributed by atoms with van der Waals surface area (Å²) in [6.07, 6.45) is 0. The van der Waals surface area contributed by atoms with Gasteiger partial charge in [-0.1, -0.05) is 231 Å². The second-order valence-electron chi connectivity index (χ2n) is 18.0. The molecule has 0 saturated carbocycles. The van der Waals surface area contributed by atoms with Gasteiger partial charge in [0, 0.05) is 16.9 Å². The van der Waals surface area contributed by atoms with Gasteiger partial charge in [0.25, 0.3) is 0 Å².